The van der Waals surface area contributed by atoms with Gasteiger partial charge in [-0.3, -0.25) is 19.1 Å². The van der Waals surface area contributed by atoms with E-state index in [0.29, 0.717) is 29.0 Å². The Morgan fingerprint density at radius 1 is 1.48 bits per heavy atom. The lowest BCUT2D eigenvalue weighted by Gasteiger charge is -2.10. The van der Waals surface area contributed by atoms with E-state index in [4.69, 9.17) is 5.73 Å². The van der Waals surface area contributed by atoms with Gasteiger partial charge in [-0.2, -0.15) is 0 Å². The molecule has 0 aliphatic carbocycles. The van der Waals surface area contributed by atoms with Crippen molar-refractivity contribution in [1.82, 2.24) is 19.7 Å². The van der Waals surface area contributed by atoms with Crippen LogP contribution in [-0.2, 0) is 6.54 Å². The first kappa shape index (κ1) is 18.9. The summed E-state index contributed by atoms with van der Waals surface area (Å²) in [7, 11) is 0. The summed E-state index contributed by atoms with van der Waals surface area (Å²) in [4.78, 5) is 38.3. The van der Waals surface area contributed by atoms with Crippen molar-refractivity contribution in [2.24, 2.45) is 0 Å². The number of ketones is 1. The fraction of sp³-hybridized carbons (Fsp3) is 0.357. The number of rotatable bonds is 9. The van der Waals surface area contributed by atoms with E-state index in [1.807, 2.05) is 6.92 Å². The molecule has 0 amide bonds. The molecule has 2 heterocycles. The Hall–Kier alpha value is -2.40. The molecule has 0 aliphatic heterocycles. The molecule has 2 rings (SSSR count). The van der Waals surface area contributed by atoms with Gasteiger partial charge in [0, 0.05) is 13.1 Å². The molecule has 0 atom stereocenters. The highest BCUT2D eigenvalue weighted by Gasteiger charge is 2.20. The molecule has 11 heteroatoms. The first-order chi connectivity index (χ1) is 12.0. The van der Waals surface area contributed by atoms with Crippen LogP contribution in [0.15, 0.2) is 26.6 Å². The average Bonchev–Trinajstić information content (AvgIpc) is 3.02. The van der Waals surface area contributed by atoms with Crippen LogP contribution < -0.4 is 22.3 Å². The van der Waals surface area contributed by atoms with E-state index >= 15 is 0 Å². The highest BCUT2D eigenvalue weighted by atomic mass is 32.2. The molecule has 0 fully saturated rings. The maximum atomic E-state index is 12.4. The number of nitrogens with two attached hydrogens (primary N) is 1. The van der Waals surface area contributed by atoms with Crippen molar-refractivity contribution in [3.05, 3.63) is 39.1 Å². The maximum absolute atomic E-state index is 12.4. The lowest BCUT2D eigenvalue weighted by atomic mass is 10.2. The van der Waals surface area contributed by atoms with Crippen LogP contribution in [0.25, 0.3) is 0 Å². The van der Waals surface area contributed by atoms with Crippen LogP contribution in [0.1, 0.15) is 23.7 Å². The van der Waals surface area contributed by atoms with E-state index in [2.05, 4.69) is 27.1 Å². The third kappa shape index (κ3) is 4.57. The average molecular weight is 382 g/mol. The van der Waals surface area contributed by atoms with Crippen molar-refractivity contribution in [2.75, 3.05) is 23.3 Å². The van der Waals surface area contributed by atoms with Crippen LogP contribution in [0.4, 0.5) is 10.9 Å². The van der Waals surface area contributed by atoms with Crippen molar-refractivity contribution in [3.8, 4) is 0 Å². The van der Waals surface area contributed by atoms with E-state index in [-0.39, 0.29) is 17.1 Å². The zero-order valence-electron chi connectivity index (χ0n) is 13.6. The summed E-state index contributed by atoms with van der Waals surface area (Å²) in [5.74, 6) is -0.607. The van der Waals surface area contributed by atoms with Gasteiger partial charge in [-0.25, -0.2) is 4.79 Å². The number of hydrogen-bond donors (Lipinski definition) is 3. The highest BCUT2D eigenvalue weighted by molar-refractivity contribution is 8.01. The zero-order valence-corrected chi connectivity index (χ0v) is 15.2. The lowest BCUT2D eigenvalue weighted by Crippen LogP contribution is -2.36. The van der Waals surface area contributed by atoms with Gasteiger partial charge in [0.15, 0.2) is 10.1 Å². The van der Waals surface area contributed by atoms with Crippen molar-refractivity contribution < 1.29 is 4.79 Å². The number of nitrogens with one attached hydrogen (secondary N) is 2. The van der Waals surface area contributed by atoms with Gasteiger partial charge in [-0.15, -0.1) is 16.8 Å². The van der Waals surface area contributed by atoms with Crippen LogP contribution in [0, 0.1) is 0 Å². The van der Waals surface area contributed by atoms with Crippen LogP contribution in [-0.4, -0.2) is 37.8 Å². The molecule has 0 unspecified atom stereocenters. The molecule has 0 bridgehead atoms. The number of Topliss-reactive ketones (excluding diaryl/α,β-unsaturated/α-hetero) is 1. The molecule has 0 radical (unpaired) electrons. The minimum Gasteiger partial charge on any atom is -0.384 e. The van der Waals surface area contributed by atoms with E-state index in [0.717, 1.165) is 11.8 Å². The SMILES string of the molecule is C=CCNc1nnc(SCC(=O)c2c(N)n(CCC)c(=O)[nH]c2=O)s1. The molecule has 0 saturated heterocycles. The lowest BCUT2D eigenvalue weighted by molar-refractivity contribution is 0.102. The molecule has 0 spiro atoms. The monoisotopic (exact) mass is 382 g/mol. The van der Waals surface area contributed by atoms with E-state index in [1.54, 1.807) is 6.08 Å². The maximum Gasteiger partial charge on any atom is 0.329 e. The highest BCUT2D eigenvalue weighted by Crippen LogP contribution is 2.26. The summed E-state index contributed by atoms with van der Waals surface area (Å²) in [6, 6.07) is 0. The molecule has 0 aromatic carbocycles. The fourth-order valence-electron chi connectivity index (χ4n) is 2.00. The number of anilines is 2. The number of aromatic amines is 1. The molecule has 4 N–H and O–H groups in total. The first-order valence-electron chi connectivity index (χ1n) is 7.44. The number of nitrogens with zero attached hydrogens (tertiary/aromatic N) is 3. The zero-order chi connectivity index (χ0) is 18.4. The molecule has 9 nitrogen and oxygen atoms in total. The van der Waals surface area contributed by atoms with Crippen LogP contribution >= 0.6 is 23.1 Å². The van der Waals surface area contributed by atoms with Crippen molar-refractivity contribution in [3.63, 3.8) is 0 Å². The van der Waals surface area contributed by atoms with Crippen LogP contribution in [0.2, 0.25) is 0 Å². The number of hydrogen-bond acceptors (Lipinski definition) is 9. The third-order valence-corrected chi connectivity index (χ3v) is 5.11. The number of carbonyl (C=O) groups is 1. The smallest absolute Gasteiger partial charge is 0.329 e. The number of aromatic nitrogens is 4. The largest absolute Gasteiger partial charge is 0.384 e. The normalized spacial score (nSPS) is 10.6. The molecule has 0 saturated carbocycles. The van der Waals surface area contributed by atoms with Crippen molar-refractivity contribution >= 4 is 39.8 Å². The Morgan fingerprint density at radius 3 is 2.92 bits per heavy atom. The Morgan fingerprint density at radius 2 is 2.24 bits per heavy atom. The Kier molecular flexibility index (Phi) is 6.53. The first-order valence-corrected chi connectivity index (χ1v) is 9.25. The predicted molar refractivity (Wildman–Crippen MR) is 99.7 cm³/mol. The van der Waals surface area contributed by atoms with Gasteiger partial charge >= 0.3 is 5.69 Å². The quantitative estimate of drug-likeness (QED) is 0.331. The standard InChI is InChI=1S/C14H18N6O3S2/c1-3-5-16-12-18-19-14(25-12)24-7-8(21)9-10(15)20(6-4-2)13(23)17-11(9)22/h3H,1,4-7,15H2,2H3,(H,16,18)(H,17,22,23). The minimum atomic E-state index is -0.772. The summed E-state index contributed by atoms with van der Waals surface area (Å²) >= 11 is 2.44. The Labute approximate surface area is 151 Å². The summed E-state index contributed by atoms with van der Waals surface area (Å²) in [6.07, 6.45) is 2.34. The van der Waals surface area contributed by atoms with Gasteiger partial charge < -0.3 is 11.1 Å². The Bertz CT molecular complexity index is 885. The van der Waals surface area contributed by atoms with Gasteiger partial charge in [0.25, 0.3) is 5.56 Å². The summed E-state index contributed by atoms with van der Waals surface area (Å²) in [5.41, 5.74) is 4.28. The Balaban J connectivity index is 2.14. The van der Waals surface area contributed by atoms with Gasteiger partial charge in [0.2, 0.25) is 5.13 Å². The van der Waals surface area contributed by atoms with Crippen molar-refractivity contribution in [1.29, 1.82) is 0 Å². The molecular formula is C14H18N6O3S2. The molecule has 25 heavy (non-hydrogen) atoms. The summed E-state index contributed by atoms with van der Waals surface area (Å²) < 4.78 is 1.78. The van der Waals surface area contributed by atoms with Gasteiger partial charge in [-0.1, -0.05) is 36.1 Å². The predicted octanol–water partition coefficient (Wildman–Crippen LogP) is 0.953. The van der Waals surface area contributed by atoms with Gasteiger partial charge in [0.05, 0.1) is 5.75 Å². The molecular weight excluding hydrogens is 364 g/mol. The number of carbonyl (C=O) groups excluding carboxylic acids is 1. The third-order valence-electron chi connectivity index (χ3n) is 3.10. The van der Waals surface area contributed by atoms with E-state index < -0.39 is 17.0 Å². The minimum absolute atomic E-state index is 0.0340. The number of nitrogen functional groups attached to an aromatic ring is 1. The molecule has 134 valence electrons. The van der Waals surface area contributed by atoms with Crippen LogP contribution in [0.3, 0.4) is 0 Å². The van der Waals surface area contributed by atoms with Crippen molar-refractivity contribution in [2.45, 2.75) is 24.2 Å². The van der Waals surface area contributed by atoms with Crippen LogP contribution in [0.5, 0.6) is 0 Å². The molecule has 2 aromatic heterocycles. The fourth-order valence-corrected chi connectivity index (χ4v) is 3.63. The molecule has 2 aromatic rings. The topological polar surface area (TPSA) is 136 Å². The second-order valence-corrected chi connectivity index (χ2v) is 7.13. The van der Waals surface area contributed by atoms with Gasteiger partial charge in [0.1, 0.15) is 11.4 Å². The second kappa shape index (κ2) is 8.62. The number of H-pyrrole nitrogens is 1. The molecule has 0 aliphatic rings. The number of thioether (sulfide) groups is 1. The summed E-state index contributed by atoms with van der Waals surface area (Å²) in [6.45, 7) is 6.34. The van der Waals surface area contributed by atoms with Gasteiger partial charge in [-0.05, 0) is 6.42 Å². The summed E-state index contributed by atoms with van der Waals surface area (Å²) in [5, 5.41) is 11.5. The second-order valence-electron chi connectivity index (χ2n) is 4.93. The van der Waals surface area contributed by atoms with E-state index in [9.17, 15) is 14.4 Å². The van der Waals surface area contributed by atoms with E-state index in [1.165, 1.54) is 15.9 Å².